The summed E-state index contributed by atoms with van der Waals surface area (Å²) in [5, 5.41) is 16.4. The molecule has 2 N–H and O–H groups in total. The van der Waals surface area contributed by atoms with Crippen molar-refractivity contribution in [2.24, 2.45) is 0 Å². The number of allylic oxidation sites excluding steroid dienone is 1. The fourth-order valence-corrected chi connectivity index (χ4v) is 4.29. The topological polar surface area (TPSA) is 32.3 Å². The first kappa shape index (κ1) is 15.4. The summed E-state index contributed by atoms with van der Waals surface area (Å²) < 4.78 is 0. The van der Waals surface area contributed by atoms with E-state index in [1.54, 1.807) is 0 Å². The van der Waals surface area contributed by atoms with E-state index < -0.39 is 0 Å². The van der Waals surface area contributed by atoms with Crippen LogP contribution in [0.4, 0.5) is 0 Å². The van der Waals surface area contributed by atoms with E-state index in [4.69, 9.17) is 0 Å². The van der Waals surface area contributed by atoms with E-state index in [1.807, 2.05) is 18.7 Å². The molecule has 2 nitrogen and oxygen atoms in total. The van der Waals surface area contributed by atoms with Gasteiger partial charge in [0, 0.05) is 17.2 Å². The molecule has 0 aliphatic carbocycles. The van der Waals surface area contributed by atoms with Crippen molar-refractivity contribution in [3.63, 3.8) is 0 Å². The molecule has 1 heterocycles. The number of hydrogen-bond donors (Lipinski definition) is 2. The minimum atomic E-state index is 0.0484. The van der Waals surface area contributed by atoms with Gasteiger partial charge in [-0.3, -0.25) is 0 Å². The average molecular weight is 313 g/mol. The zero-order chi connectivity index (χ0) is 15.6. The van der Waals surface area contributed by atoms with Crippen LogP contribution < -0.4 is 5.32 Å². The molecule has 0 saturated carbocycles. The van der Waals surface area contributed by atoms with Gasteiger partial charge in [0.25, 0.3) is 0 Å². The van der Waals surface area contributed by atoms with Crippen LogP contribution in [0.3, 0.4) is 0 Å². The maximum absolute atomic E-state index is 9.23. The van der Waals surface area contributed by atoms with Gasteiger partial charge in [0.05, 0.1) is 11.6 Å². The number of thioether (sulfide) groups is 1. The van der Waals surface area contributed by atoms with Gasteiger partial charge in [-0.05, 0) is 35.8 Å². The number of rotatable bonds is 4. The molecular weight excluding hydrogens is 290 g/mol. The minimum absolute atomic E-state index is 0.0484. The summed E-state index contributed by atoms with van der Waals surface area (Å²) in [5.74, 6) is 1.10. The summed E-state index contributed by atoms with van der Waals surface area (Å²) >= 11 is 1.85. The van der Waals surface area contributed by atoms with Gasteiger partial charge >= 0.3 is 0 Å². The molecular formula is C19H23NOS. The number of aliphatic hydroxyl groups excluding tert-OH is 1. The second-order valence-electron chi connectivity index (χ2n) is 6.31. The Morgan fingerprint density at radius 2 is 2.00 bits per heavy atom. The van der Waals surface area contributed by atoms with Crippen LogP contribution in [-0.2, 0) is 5.41 Å². The zero-order valence-corrected chi connectivity index (χ0v) is 14.0. The Bertz CT molecular complexity index is 697. The van der Waals surface area contributed by atoms with Crippen molar-refractivity contribution in [3.8, 4) is 0 Å². The van der Waals surface area contributed by atoms with E-state index >= 15 is 0 Å². The Hall–Kier alpha value is -1.45. The van der Waals surface area contributed by atoms with Crippen LogP contribution >= 0.6 is 11.8 Å². The van der Waals surface area contributed by atoms with Crippen molar-refractivity contribution >= 4 is 22.5 Å². The SMILES string of the molecule is CC(CO)NC1=CC(C)(c2ccc3ccccc3c2)CCS1. The van der Waals surface area contributed by atoms with Crippen LogP contribution in [0.15, 0.2) is 53.6 Å². The summed E-state index contributed by atoms with van der Waals surface area (Å²) in [6.45, 7) is 4.47. The largest absolute Gasteiger partial charge is 0.394 e. The maximum atomic E-state index is 9.23. The minimum Gasteiger partial charge on any atom is -0.394 e. The average Bonchev–Trinajstić information content (AvgIpc) is 2.54. The van der Waals surface area contributed by atoms with E-state index in [1.165, 1.54) is 21.4 Å². The van der Waals surface area contributed by atoms with Crippen LogP contribution in [0.25, 0.3) is 10.8 Å². The molecule has 0 fully saturated rings. The van der Waals surface area contributed by atoms with Gasteiger partial charge in [0.15, 0.2) is 0 Å². The van der Waals surface area contributed by atoms with E-state index in [9.17, 15) is 5.11 Å². The van der Waals surface area contributed by atoms with Crippen molar-refractivity contribution in [1.29, 1.82) is 0 Å². The summed E-state index contributed by atoms with van der Waals surface area (Å²) in [5.41, 5.74) is 1.41. The van der Waals surface area contributed by atoms with Crippen molar-refractivity contribution in [1.82, 2.24) is 5.32 Å². The van der Waals surface area contributed by atoms with Gasteiger partial charge < -0.3 is 10.4 Å². The molecule has 0 aromatic heterocycles. The second kappa shape index (κ2) is 6.35. The number of hydrogen-bond acceptors (Lipinski definition) is 3. The quantitative estimate of drug-likeness (QED) is 0.893. The number of nitrogens with one attached hydrogen (secondary N) is 1. The van der Waals surface area contributed by atoms with Crippen molar-refractivity contribution < 1.29 is 5.11 Å². The predicted molar refractivity (Wildman–Crippen MR) is 96.1 cm³/mol. The van der Waals surface area contributed by atoms with Crippen molar-refractivity contribution in [2.45, 2.75) is 31.7 Å². The summed E-state index contributed by atoms with van der Waals surface area (Å²) in [7, 11) is 0. The van der Waals surface area contributed by atoms with Gasteiger partial charge in [-0.2, -0.15) is 0 Å². The van der Waals surface area contributed by atoms with Gasteiger partial charge in [0.1, 0.15) is 0 Å². The second-order valence-corrected chi connectivity index (χ2v) is 7.45. The Morgan fingerprint density at radius 3 is 2.77 bits per heavy atom. The van der Waals surface area contributed by atoms with Gasteiger partial charge in [0.2, 0.25) is 0 Å². The molecule has 0 saturated heterocycles. The molecule has 2 unspecified atom stereocenters. The standard InChI is InChI=1S/C19H23NOS/c1-14(13-21)20-18-12-19(2,9-10-22-18)17-8-7-15-5-3-4-6-16(15)11-17/h3-8,11-12,14,20-21H,9-10,13H2,1-2H3. The highest BCUT2D eigenvalue weighted by Crippen LogP contribution is 2.39. The number of benzene rings is 2. The Morgan fingerprint density at radius 1 is 1.23 bits per heavy atom. The van der Waals surface area contributed by atoms with Crippen LogP contribution in [0, 0.1) is 0 Å². The van der Waals surface area contributed by atoms with Gasteiger partial charge in [-0.15, -0.1) is 11.8 Å². The third kappa shape index (κ3) is 3.16. The maximum Gasteiger partial charge on any atom is 0.0652 e. The normalized spacial score (nSPS) is 23.1. The summed E-state index contributed by atoms with van der Waals surface area (Å²) in [6, 6.07) is 15.4. The molecule has 3 rings (SSSR count). The van der Waals surface area contributed by atoms with Crippen LogP contribution in [0.2, 0.25) is 0 Å². The Labute approximate surface area is 136 Å². The summed E-state index contributed by atoms with van der Waals surface area (Å²) in [6.07, 6.45) is 3.46. The molecule has 2 aromatic carbocycles. The molecule has 1 aliphatic heterocycles. The van der Waals surface area contributed by atoms with E-state index in [-0.39, 0.29) is 18.1 Å². The first-order valence-electron chi connectivity index (χ1n) is 7.83. The highest BCUT2D eigenvalue weighted by atomic mass is 32.2. The lowest BCUT2D eigenvalue weighted by Crippen LogP contribution is -2.32. The molecule has 3 heteroatoms. The lowest BCUT2D eigenvalue weighted by atomic mass is 9.79. The molecule has 0 radical (unpaired) electrons. The van der Waals surface area contributed by atoms with Crippen molar-refractivity contribution in [3.05, 3.63) is 59.1 Å². The predicted octanol–water partition coefficient (Wildman–Crippen LogP) is 4.05. The molecule has 2 atom stereocenters. The fourth-order valence-electron chi connectivity index (χ4n) is 2.92. The van der Waals surface area contributed by atoms with Crippen LogP contribution in [0.5, 0.6) is 0 Å². The zero-order valence-electron chi connectivity index (χ0n) is 13.2. The third-order valence-corrected chi connectivity index (χ3v) is 5.36. The van der Waals surface area contributed by atoms with E-state index in [0.29, 0.717) is 0 Å². The molecule has 22 heavy (non-hydrogen) atoms. The molecule has 2 aromatic rings. The van der Waals surface area contributed by atoms with Crippen molar-refractivity contribution in [2.75, 3.05) is 12.4 Å². The highest BCUT2D eigenvalue weighted by molar-refractivity contribution is 8.03. The first-order valence-corrected chi connectivity index (χ1v) is 8.82. The van der Waals surface area contributed by atoms with Crippen LogP contribution in [0.1, 0.15) is 25.8 Å². The van der Waals surface area contributed by atoms with Crippen LogP contribution in [-0.4, -0.2) is 23.5 Å². The number of aliphatic hydroxyl groups is 1. The number of fused-ring (bicyclic) bond motifs is 1. The highest BCUT2D eigenvalue weighted by Gasteiger charge is 2.28. The lowest BCUT2D eigenvalue weighted by Gasteiger charge is -2.33. The lowest BCUT2D eigenvalue weighted by molar-refractivity contribution is 0.260. The third-order valence-electron chi connectivity index (χ3n) is 4.40. The van der Waals surface area contributed by atoms with E-state index in [2.05, 4.69) is 60.8 Å². The summed E-state index contributed by atoms with van der Waals surface area (Å²) in [4.78, 5) is 0. The molecule has 116 valence electrons. The monoisotopic (exact) mass is 313 g/mol. The van der Waals surface area contributed by atoms with Gasteiger partial charge in [-0.1, -0.05) is 49.4 Å². The Kier molecular flexibility index (Phi) is 4.46. The fraction of sp³-hybridized carbons (Fsp3) is 0.368. The Balaban J connectivity index is 1.94. The smallest absolute Gasteiger partial charge is 0.0652 e. The molecule has 0 amide bonds. The first-order chi connectivity index (χ1) is 10.6. The van der Waals surface area contributed by atoms with E-state index in [0.717, 1.165) is 12.2 Å². The molecule has 0 bridgehead atoms. The van der Waals surface area contributed by atoms with Gasteiger partial charge in [-0.25, -0.2) is 0 Å². The molecule has 1 aliphatic rings. The molecule has 0 spiro atoms.